The highest BCUT2D eigenvalue weighted by atomic mass is 16.1. The Morgan fingerprint density at radius 3 is 2.85 bits per heavy atom. The van der Waals surface area contributed by atoms with Gasteiger partial charge in [0.15, 0.2) is 0 Å². The van der Waals surface area contributed by atoms with E-state index in [0.717, 1.165) is 29.4 Å². The van der Waals surface area contributed by atoms with E-state index >= 15 is 0 Å². The number of fused-ring (bicyclic) bond motifs is 1. The maximum absolute atomic E-state index is 12.1. The summed E-state index contributed by atoms with van der Waals surface area (Å²) < 4.78 is 0. The van der Waals surface area contributed by atoms with E-state index in [1.807, 2.05) is 44.6 Å². The molecule has 0 saturated heterocycles. The number of H-pyrrole nitrogens is 1. The zero-order valence-corrected chi connectivity index (χ0v) is 12.4. The molecule has 2 aromatic rings. The SMILES string of the molecule is CC(CCN(C)C)NC(=O)Cc1c[nH]c2ccccc12. The van der Waals surface area contributed by atoms with Gasteiger partial charge in [-0.3, -0.25) is 4.79 Å². The van der Waals surface area contributed by atoms with Gasteiger partial charge in [-0.1, -0.05) is 18.2 Å². The number of para-hydroxylation sites is 1. The van der Waals surface area contributed by atoms with Crippen LogP contribution in [0.5, 0.6) is 0 Å². The van der Waals surface area contributed by atoms with Crippen molar-refractivity contribution in [3.63, 3.8) is 0 Å². The molecule has 1 amide bonds. The molecule has 2 N–H and O–H groups in total. The van der Waals surface area contributed by atoms with E-state index in [-0.39, 0.29) is 11.9 Å². The van der Waals surface area contributed by atoms with Crippen LogP contribution < -0.4 is 5.32 Å². The van der Waals surface area contributed by atoms with Gasteiger partial charge in [-0.05, 0) is 45.6 Å². The number of carbonyl (C=O) groups is 1. The predicted octanol–water partition coefficient (Wildman–Crippen LogP) is 2.17. The van der Waals surface area contributed by atoms with Crippen molar-refractivity contribution < 1.29 is 4.79 Å². The minimum absolute atomic E-state index is 0.0843. The summed E-state index contributed by atoms with van der Waals surface area (Å²) >= 11 is 0. The van der Waals surface area contributed by atoms with Crippen molar-refractivity contribution in [1.82, 2.24) is 15.2 Å². The lowest BCUT2D eigenvalue weighted by Gasteiger charge is -2.16. The largest absolute Gasteiger partial charge is 0.361 e. The highest BCUT2D eigenvalue weighted by Crippen LogP contribution is 2.17. The third-order valence-electron chi connectivity index (χ3n) is 3.44. The molecule has 1 atom stereocenters. The summed E-state index contributed by atoms with van der Waals surface area (Å²) in [5.41, 5.74) is 2.13. The molecule has 4 nitrogen and oxygen atoms in total. The highest BCUT2D eigenvalue weighted by molar-refractivity contribution is 5.88. The van der Waals surface area contributed by atoms with Crippen molar-refractivity contribution in [1.29, 1.82) is 0 Å². The number of rotatable bonds is 6. The van der Waals surface area contributed by atoms with E-state index in [1.165, 1.54) is 0 Å². The van der Waals surface area contributed by atoms with Crippen LogP contribution in [0.4, 0.5) is 0 Å². The first-order chi connectivity index (χ1) is 9.56. The topological polar surface area (TPSA) is 48.1 Å². The van der Waals surface area contributed by atoms with E-state index in [1.54, 1.807) is 0 Å². The summed E-state index contributed by atoms with van der Waals surface area (Å²) in [6, 6.07) is 8.26. The van der Waals surface area contributed by atoms with Crippen molar-refractivity contribution in [2.75, 3.05) is 20.6 Å². The lowest BCUT2D eigenvalue weighted by Crippen LogP contribution is -2.35. The van der Waals surface area contributed by atoms with Crippen LogP contribution in [-0.4, -0.2) is 42.5 Å². The molecule has 0 aliphatic carbocycles. The van der Waals surface area contributed by atoms with Gasteiger partial charge in [0.25, 0.3) is 0 Å². The van der Waals surface area contributed by atoms with Crippen LogP contribution in [0.1, 0.15) is 18.9 Å². The van der Waals surface area contributed by atoms with E-state index in [2.05, 4.69) is 22.1 Å². The molecular formula is C16H23N3O. The molecule has 4 heteroatoms. The number of carbonyl (C=O) groups excluding carboxylic acids is 1. The number of aromatic amines is 1. The van der Waals surface area contributed by atoms with Gasteiger partial charge in [0.05, 0.1) is 6.42 Å². The van der Waals surface area contributed by atoms with E-state index in [0.29, 0.717) is 6.42 Å². The van der Waals surface area contributed by atoms with Gasteiger partial charge >= 0.3 is 0 Å². The Kier molecular flexibility index (Phi) is 4.79. The van der Waals surface area contributed by atoms with Gasteiger partial charge < -0.3 is 15.2 Å². The molecule has 1 unspecified atom stereocenters. The lowest BCUT2D eigenvalue weighted by molar-refractivity contribution is -0.121. The van der Waals surface area contributed by atoms with Crippen molar-refractivity contribution in [2.24, 2.45) is 0 Å². The van der Waals surface area contributed by atoms with Gasteiger partial charge in [-0.25, -0.2) is 0 Å². The van der Waals surface area contributed by atoms with Crippen LogP contribution in [-0.2, 0) is 11.2 Å². The van der Waals surface area contributed by atoms with E-state index in [9.17, 15) is 4.79 Å². The normalized spacial score (nSPS) is 12.8. The summed E-state index contributed by atoms with van der Waals surface area (Å²) in [6.45, 7) is 3.03. The van der Waals surface area contributed by atoms with Crippen molar-refractivity contribution >= 4 is 16.8 Å². The molecule has 1 heterocycles. The minimum atomic E-state index is 0.0843. The fourth-order valence-electron chi connectivity index (χ4n) is 2.30. The number of benzene rings is 1. The molecule has 0 aliphatic rings. The van der Waals surface area contributed by atoms with Crippen LogP contribution in [0.15, 0.2) is 30.5 Å². The Hall–Kier alpha value is -1.81. The van der Waals surface area contributed by atoms with Gasteiger partial charge in [-0.15, -0.1) is 0 Å². The van der Waals surface area contributed by atoms with Crippen molar-refractivity contribution in [3.8, 4) is 0 Å². The number of amides is 1. The first-order valence-electron chi connectivity index (χ1n) is 7.05. The Labute approximate surface area is 120 Å². The smallest absolute Gasteiger partial charge is 0.224 e. The second kappa shape index (κ2) is 6.57. The average Bonchev–Trinajstić information content (AvgIpc) is 2.80. The lowest BCUT2D eigenvalue weighted by atomic mass is 10.1. The molecule has 0 bridgehead atoms. The van der Waals surface area contributed by atoms with Crippen LogP contribution in [0.2, 0.25) is 0 Å². The van der Waals surface area contributed by atoms with Gasteiger partial charge in [0, 0.05) is 23.1 Å². The molecule has 1 aromatic carbocycles. The Bertz CT molecular complexity index is 574. The molecule has 0 saturated carbocycles. The monoisotopic (exact) mass is 273 g/mol. The second-order valence-electron chi connectivity index (χ2n) is 5.60. The Morgan fingerprint density at radius 2 is 2.10 bits per heavy atom. The summed E-state index contributed by atoms with van der Waals surface area (Å²) in [4.78, 5) is 17.4. The highest BCUT2D eigenvalue weighted by Gasteiger charge is 2.11. The molecule has 1 aromatic heterocycles. The van der Waals surface area contributed by atoms with E-state index < -0.39 is 0 Å². The van der Waals surface area contributed by atoms with Crippen LogP contribution >= 0.6 is 0 Å². The summed E-state index contributed by atoms with van der Waals surface area (Å²) in [6.07, 6.45) is 3.32. The number of nitrogens with one attached hydrogen (secondary N) is 2. The standard InChI is InChI=1S/C16H23N3O/c1-12(8-9-19(2)3)18-16(20)10-13-11-17-15-7-5-4-6-14(13)15/h4-7,11-12,17H,8-10H2,1-3H3,(H,18,20). The molecule has 108 valence electrons. The van der Waals surface area contributed by atoms with Crippen LogP contribution in [0.3, 0.4) is 0 Å². The number of aromatic nitrogens is 1. The zero-order chi connectivity index (χ0) is 14.5. The van der Waals surface area contributed by atoms with Gasteiger partial charge in [0.1, 0.15) is 0 Å². The minimum Gasteiger partial charge on any atom is -0.361 e. The first-order valence-corrected chi connectivity index (χ1v) is 7.05. The van der Waals surface area contributed by atoms with Crippen molar-refractivity contribution in [2.45, 2.75) is 25.8 Å². The van der Waals surface area contributed by atoms with Gasteiger partial charge in [-0.2, -0.15) is 0 Å². The van der Waals surface area contributed by atoms with Crippen LogP contribution in [0, 0.1) is 0 Å². The quantitative estimate of drug-likeness (QED) is 0.847. The van der Waals surface area contributed by atoms with Gasteiger partial charge in [0.2, 0.25) is 5.91 Å². The molecule has 0 spiro atoms. The maximum atomic E-state index is 12.1. The zero-order valence-electron chi connectivity index (χ0n) is 12.4. The summed E-state index contributed by atoms with van der Waals surface area (Å²) in [5, 5.41) is 4.19. The maximum Gasteiger partial charge on any atom is 0.224 e. The molecule has 0 radical (unpaired) electrons. The second-order valence-corrected chi connectivity index (χ2v) is 5.60. The molecule has 0 aliphatic heterocycles. The number of nitrogens with zero attached hydrogens (tertiary/aromatic N) is 1. The molecular weight excluding hydrogens is 250 g/mol. The number of hydrogen-bond donors (Lipinski definition) is 2. The predicted molar refractivity (Wildman–Crippen MR) is 82.8 cm³/mol. The third kappa shape index (κ3) is 3.84. The molecule has 2 rings (SSSR count). The molecule has 0 fully saturated rings. The number of hydrogen-bond acceptors (Lipinski definition) is 2. The first kappa shape index (κ1) is 14.6. The Morgan fingerprint density at radius 1 is 1.35 bits per heavy atom. The van der Waals surface area contributed by atoms with E-state index in [4.69, 9.17) is 0 Å². The fraction of sp³-hybridized carbons (Fsp3) is 0.438. The third-order valence-corrected chi connectivity index (χ3v) is 3.44. The molecule has 20 heavy (non-hydrogen) atoms. The Balaban J connectivity index is 1.91. The van der Waals surface area contributed by atoms with Crippen LogP contribution in [0.25, 0.3) is 10.9 Å². The summed E-state index contributed by atoms with van der Waals surface area (Å²) in [5.74, 6) is 0.0843. The average molecular weight is 273 g/mol. The fourth-order valence-corrected chi connectivity index (χ4v) is 2.30. The van der Waals surface area contributed by atoms with Crippen molar-refractivity contribution in [3.05, 3.63) is 36.0 Å². The summed E-state index contributed by atoms with van der Waals surface area (Å²) in [7, 11) is 4.08.